The highest BCUT2D eigenvalue weighted by Crippen LogP contribution is 2.27. The Labute approximate surface area is 95.2 Å². The normalized spacial score (nSPS) is 42.8. The van der Waals surface area contributed by atoms with E-state index in [1.165, 1.54) is 58.2 Å². The van der Waals surface area contributed by atoms with Crippen molar-refractivity contribution in [2.75, 3.05) is 19.6 Å². The fourth-order valence-electron chi connectivity index (χ4n) is 3.53. The van der Waals surface area contributed by atoms with Crippen LogP contribution in [0.4, 0.5) is 0 Å². The molecular weight excluding hydrogens is 182 g/mol. The first-order valence-corrected chi connectivity index (χ1v) is 7.07. The number of quaternary nitrogens is 1. The third-order valence-corrected chi connectivity index (χ3v) is 4.60. The van der Waals surface area contributed by atoms with Crippen LogP contribution in [0.15, 0.2) is 0 Å². The van der Waals surface area contributed by atoms with Crippen molar-refractivity contribution in [2.45, 2.75) is 52.4 Å². The Morgan fingerprint density at radius 1 is 0.933 bits per heavy atom. The average molecular weight is 210 g/mol. The highest BCUT2D eigenvalue weighted by Gasteiger charge is 2.25. The smallest absolute Gasteiger partial charge is 0.0799 e. The maximum Gasteiger partial charge on any atom is 0.0799 e. The lowest BCUT2D eigenvalue weighted by atomic mass is 9.82. The summed E-state index contributed by atoms with van der Waals surface area (Å²) in [5.41, 5.74) is 0. The Balaban J connectivity index is 1.71. The molecule has 2 fully saturated rings. The largest absolute Gasteiger partial charge is 0.335 e. The van der Waals surface area contributed by atoms with Crippen molar-refractivity contribution >= 4 is 0 Å². The molecule has 15 heavy (non-hydrogen) atoms. The lowest BCUT2D eigenvalue weighted by molar-refractivity contribution is -0.909. The molecule has 0 spiro atoms. The van der Waals surface area contributed by atoms with Gasteiger partial charge in [-0.15, -0.1) is 0 Å². The van der Waals surface area contributed by atoms with E-state index in [1.54, 1.807) is 0 Å². The molecular formula is C14H28N+. The number of hydrogen-bond donors (Lipinski definition) is 1. The van der Waals surface area contributed by atoms with Gasteiger partial charge in [0.25, 0.3) is 0 Å². The van der Waals surface area contributed by atoms with Gasteiger partial charge in [0.05, 0.1) is 19.6 Å². The molecule has 2 unspecified atom stereocenters. The Bertz CT molecular complexity index is 182. The first-order valence-electron chi connectivity index (χ1n) is 7.07. The molecule has 1 saturated carbocycles. The van der Waals surface area contributed by atoms with Crippen LogP contribution in [-0.4, -0.2) is 19.6 Å². The molecule has 88 valence electrons. The van der Waals surface area contributed by atoms with E-state index in [0.717, 1.165) is 17.8 Å². The van der Waals surface area contributed by atoms with Gasteiger partial charge in [-0.2, -0.15) is 0 Å². The Morgan fingerprint density at radius 3 is 2.33 bits per heavy atom. The van der Waals surface area contributed by atoms with Crippen LogP contribution in [0.25, 0.3) is 0 Å². The van der Waals surface area contributed by atoms with Crippen molar-refractivity contribution in [3.63, 3.8) is 0 Å². The van der Waals surface area contributed by atoms with E-state index in [9.17, 15) is 0 Å². The number of hydrogen-bond acceptors (Lipinski definition) is 0. The highest BCUT2D eigenvalue weighted by molar-refractivity contribution is 4.70. The molecule has 0 aromatic carbocycles. The van der Waals surface area contributed by atoms with Crippen molar-refractivity contribution in [3.8, 4) is 0 Å². The quantitative estimate of drug-likeness (QED) is 0.712. The summed E-state index contributed by atoms with van der Waals surface area (Å²) >= 11 is 0. The predicted molar refractivity (Wildman–Crippen MR) is 65.1 cm³/mol. The SMILES string of the molecule is CC1CC[NH+](CC2CCCC(C)C2)CC1. The Hall–Kier alpha value is -0.0400. The summed E-state index contributed by atoms with van der Waals surface area (Å²) in [6.07, 6.45) is 8.95. The molecule has 0 aromatic rings. The molecule has 2 aliphatic rings. The van der Waals surface area contributed by atoms with E-state index in [1.807, 2.05) is 4.90 Å². The topological polar surface area (TPSA) is 4.44 Å². The van der Waals surface area contributed by atoms with Gasteiger partial charge in [-0.1, -0.05) is 26.7 Å². The summed E-state index contributed by atoms with van der Waals surface area (Å²) in [4.78, 5) is 1.91. The number of likely N-dealkylation sites (tertiary alicyclic amines) is 1. The predicted octanol–water partition coefficient (Wildman–Crippen LogP) is 2.13. The van der Waals surface area contributed by atoms with Crippen molar-refractivity contribution in [3.05, 3.63) is 0 Å². The van der Waals surface area contributed by atoms with Crippen LogP contribution in [0.2, 0.25) is 0 Å². The van der Waals surface area contributed by atoms with E-state index < -0.39 is 0 Å². The van der Waals surface area contributed by atoms with E-state index in [4.69, 9.17) is 0 Å². The van der Waals surface area contributed by atoms with Crippen molar-refractivity contribution in [1.82, 2.24) is 0 Å². The monoisotopic (exact) mass is 210 g/mol. The Kier molecular flexibility index (Phi) is 4.07. The molecule has 0 amide bonds. The van der Waals surface area contributed by atoms with Gasteiger partial charge in [0.1, 0.15) is 0 Å². The fourth-order valence-corrected chi connectivity index (χ4v) is 3.53. The summed E-state index contributed by atoms with van der Waals surface area (Å²) in [6, 6.07) is 0. The number of nitrogens with one attached hydrogen (secondary N) is 1. The molecule has 1 heteroatoms. The second-order valence-corrected chi connectivity index (χ2v) is 6.27. The van der Waals surface area contributed by atoms with E-state index in [2.05, 4.69) is 13.8 Å². The van der Waals surface area contributed by atoms with Gasteiger partial charge in [-0.25, -0.2) is 0 Å². The minimum Gasteiger partial charge on any atom is -0.335 e. The summed E-state index contributed by atoms with van der Waals surface area (Å²) < 4.78 is 0. The van der Waals surface area contributed by atoms with Crippen LogP contribution in [0, 0.1) is 17.8 Å². The third kappa shape index (κ3) is 3.48. The van der Waals surface area contributed by atoms with Crippen LogP contribution >= 0.6 is 0 Å². The lowest BCUT2D eigenvalue weighted by Crippen LogP contribution is -3.13. The summed E-state index contributed by atoms with van der Waals surface area (Å²) in [6.45, 7) is 9.24. The fraction of sp³-hybridized carbons (Fsp3) is 1.00. The van der Waals surface area contributed by atoms with Gasteiger partial charge in [0.15, 0.2) is 0 Å². The van der Waals surface area contributed by atoms with E-state index >= 15 is 0 Å². The van der Waals surface area contributed by atoms with Gasteiger partial charge in [0, 0.05) is 5.92 Å². The standard InChI is InChI=1S/C14H27N/c1-12-6-8-15(9-7-12)11-14-5-3-4-13(2)10-14/h12-14H,3-11H2,1-2H3/p+1. The van der Waals surface area contributed by atoms with Gasteiger partial charge in [-0.3, -0.25) is 0 Å². The van der Waals surface area contributed by atoms with Crippen LogP contribution in [-0.2, 0) is 0 Å². The van der Waals surface area contributed by atoms with E-state index in [0.29, 0.717) is 0 Å². The van der Waals surface area contributed by atoms with Crippen molar-refractivity contribution < 1.29 is 4.90 Å². The number of piperidine rings is 1. The van der Waals surface area contributed by atoms with Crippen LogP contribution in [0.5, 0.6) is 0 Å². The highest BCUT2D eigenvalue weighted by atomic mass is 15.1. The zero-order valence-electron chi connectivity index (χ0n) is 10.6. The molecule has 0 bridgehead atoms. The molecule has 1 N–H and O–H groups in total. The first kappa shape index (κ1) is 11.4. The van der Waals surface area contributed by atoms with Crippen molar-refractivity contribution in [1.29, 1.82) is 0 Å². The molecule has 1 heterocycles. The van der Waals surface area contributed by atoms with Crippen LogP contribution in [0.1, 0.15) is 52.4 Å². The van der Waals surface area contributed by atoms with Gasteiger partial charge in [0.2, 0.25) is 0 Å². The second kappa shape index (κ2) is 5.34. The Morgan fingerprint density at radius 2 is 1.67 bits per heavy atom. The zero-order chi connectivity index (χ0) is 10.7. The molecule has 2 atom stereocenters. The van der Waals surface area contributed by atoms with Crippen molar-refractivity contribution in [2.24, 2.45) is 17.8 Å². The maximum absolute atomic E-state index is 2.44. The zero-order valence-corrected chi connectivity index (χ0v) is 10.6. The molecule has 1 nitrogen and oxygen atoms in total. The first-order chi connectivity index (χ1) is 7.24. The minimum absolute atomic E-state index is 0.999. The summed E-state index contributed by atoms with van der Waals surface area (Å²) in [5.74, 6) is 3.06. The minimum atomic E-state index is 0.999. The lowest BCUT2D eigenvalue weighted by Gasteiger charge is -2.33. The molecule has 2 rings (SSSR count). The van der Waals surface area contributed by atoms with Crippen LogP contribution in [0.3, 0.4) is 0 Å². The summed E-state index contributed by atoms with van der Waals surface area (Å²) in [7, 11) is 0. The average Bonchev–Trinajstić information content (AvgIpc) is 2.22. The third-order valence-electron chi connectivity index (χ3n) is 4.60. The summed E-state index contributed by atoms with van der Waals surface area (Å²) in [5, 5.41) is 0. The molecule has 1 aliphatic heterocycles. The maximum atomic E-state index is 2.44. The molecule has 0 radical (unpaired) electrons. The van der Waals surface area contributed by atoms with Gasteiger partial charge < -0.3 is 4.90 Å². The number of rotatable bonds is 2. The second-order valence-electron chi connectivity index (χ2n) is 6.27. The van der Waals surface area contributed by atoms with Gasteiger partial charge in [-0.05, 0) is 37.5 Å². The van der Waals surface area contributed by atoms with E-state index in [-0.39, 0.29) is 0 Å². The molecule has 0 aromatic heterocycles. The van der Waals surface area contributed by atoms with Gasteiger partial charge >= 0.3 is 0 Å². The molecule has 1 saturated heterocycles. The molecule has 1 aliphatic carbocycles. The van der Waals surface area contributed by atoms with Crippen LogP contribution < -0.4 is 4.90 Å².